The van der Waals surface area contributed by atoms with Gasteiger partial charge in [-0.05, 0) is 42.5 Å². The fraction of sp³-hybridized carbons (Fsp3) is 0.200. The van der Waals surface area contributed by atoms with Crippen molar-refractivity contribution in [2.45, 2.75) is 12.5 Å². The Balaban J connectivity index is 1.60. The summed E-state index contributed by atoms with van der Waals surface area (Å²) in [6.07, 6.45) is 0.482. The van der Waals surface area contributed by atoms with Gasteiger partial charge in [-0.3, -0.25) is 0 Å². The van der Waals surface area contributed by atoms with Crippen LogP contribution >= 0.6 is 0 Å². The molecule has 1 aliphatic rings. The van der Waals surface area contributed by atoms with Crippen LogP contribution in [0.2, 0.25) is 0 Å². The highest BCUT2D eigenvalue weighted by molar-refractivity contribution is 5.38. The van der Waals surface area contributed by atoms with Crippen LogP contribution in [0.3, 0.4) is 0 Å². The first-order chi connectivity index (χ1) is 9.20. The summed E-state index contributed by atoms with van der Waals surface area (Å²) in [6, 6.07) is 10.3. The van der Waals surface area contributed by atoms with Crippen LogP contribution in [0.1, 0.15) is 5.56 Å². The van der Waals surface area contributed by atoms with E-state index in [4.69, 9.17) is 9.47 Å². The zero-order valence-corrected chi connectivity index (χ0v) is 10.1. The van der Waals surface area contributed by atoms with Crippen LogP contribution < -0.4 is 9.47 Å². The first-order valence-electron chi connectivity index (χ1n) is 6.04. The molecule has 0 aromatic heterocycles. The molecule has 2 aromatic rings. The Bertz CT molecular complexity index is 581. The second-order valence-electron chi connectivity index (χ2n) is 4.46. The Hall–Kier alpha value is -2.10. The lowest BCUT2D eigenvalue weighted by Crippen LogP contribution is -2.22. The van der Waals surface area contributed by atoms with E-state index in [9.17, 15) is 8.78 Å². The second kappa shape index (κ2) is 4.88. The quantitative estimate of drug-likeness (QED) is 0.844. The van der Waals surface area contributed by atoms with Crippen molar-refractivity contribution in [2.75, 3.05) is 6.61 Å². The average molecular weight is 262 g/mol. The minimum absolute atomic E-state index is 0.137. The van der Waals surface area contributed by atoms with Gasteiger partial charge in [0.1, 0.15) is 35.8 Å². The Morgan fingerprint density at radius 2 is 1.79 bits per heavy atom. The van der Waals surface area contributed by atoms with Crippen molar-refractivity contribution in [1.82, 2.24) is 0 Å². The molecule has 0 saturated carbocycles. The average Bonchev–Trinajstić information content (AvgIpc) is 2.80. The van der Waals surface area contributed by atoms with E-state index in [0.29, 0.717) is 24.5 Å². The van der Waals surface area contributed by atoms with Gasteiger partial charge in [0.25, 0.3) is 0 Å². The third kappa shape index (κ3) is 2.67. The van der Waals surface area contributed by atoms with E-state index >= 15 is 0 Å². The van der Waals surface area contributed by atoms with Crippen LogP contribution in [0, 0.1) is 11.6 Å². The van der Waals surface area contributed by atoms with Gasteiger partial charge in [-0.1, -0.05) is 0 Å². The van der Waals surface area contributed by atoms with Crippen LogP contribution in [0.5, 0.6) is 11.5 Å². The predicted molar refractivity (Wildman–Crippen MR) is 66.4 cm³/mol. The number of benzene rings is 2. The minimum atomic E-state index is -0.299. The molecule has 0 aliphatic carbocycles. The summed E-state index contributed by atoms with van der Waals surface area (Å²) in [6.45, 7) is 0.349. The number of fused-ring (bicyclic) bond motifs is 1. The lowest BCUT2D eigenvalue weighted by atomic mass is 10.1. The molecule has 3 rings (SSSR count). The first kappa shape index (κ1) is 12.0. The lowest BCUT2D eigenvalue weighted by molar-refractivity contribution is 0.148. The maximum atomic E-state index is 13.1. The molecular weight excluding hydrogens is 250 g/mol. The number of ether oxygens (including phenoxy) is 2. The molecule has 0 bridgehead atoms. The summed E-state index contributed by atoms with van der Waals surface area (Å²) >= 11 is 0. The topological polar surface area (TPSA) is 18.5 Å². The van der Waals surface area contributed by atoms with Crippen molar-refractivity contribution in [3.63, 3.8) is 0 Å². The molecule has 0 saturated heterocycles. The molecule has 4 heteroatoms. The summed E-state index contributed by atoms with van der Waals surface area (Å²) in [5.41, 5.74) is 0.854. The molecule has 0 amide bonds. The summed E-state index contributed by atoms with van der Waals surface area (Å²) in [7, 11) is 0. The molecule has 0 fully saturated rings. The Labute approximate surface area is 109 Å². The number of hydrogen-bond acceptors (Lipinski definition) is 2. The zero-order valence-electron chi connectivity index (χ0n) is 10.1. The van der Waals surface area contributed by atoms with Gasteiger partial charge in [0.15, 0.2) is 0 Å². The Morgan fingerprint density at radius 1 is 1.05 bits per heavy atom. The van der Waals surface area contributed by atoms with E-state index in [1.165, 1.54) is 24.3 Å². The van der Waals surface area contributed by atoms with Gasteiger partial charge in [0.2, 0.25) is 0 Å². The number of hydrogen-bond donors (Lipinski definition) is 0. The summed E-state index contributed by atoms with van der Waals surface area (Å²) in [4.78, 5) is 0. The van der Waals surface area contributed by atoms with E-state index in [-0.39, 0.29) is 17.7 Å². The normalized spacial score (nSPS) is 16.8. The molecule has 19 heavy (non-hydrogen) atoms. The van der Waals surface area contributed by atoms with Crippen LogP contribution in [0.15, 0.2) is 42.5 Å². The van der Waals surface area contributed by atoms with Crippen LogP contribution in [0.4, 0.5) is 8.78 Å². The van der Waals surface area contributed by atoms with Crippen molar-refractivity contribution < 1.29 is 18.3 Å². The minimum Gasteiger partial charge on any atom is -0.490 e. The van der Waals surface area contributed by atoms with Crippen LogP contribution in [-0.4, -0.2) is 12.7 Å². The molecule has 1 aliphatic heterocycles. The number of halogens is 2. The van der Waals surface area contributed by atoms with Gasteiger partial charge in [0, 0.05) is 12.0 Å². The van der Waals surface area contributed by atoms with Crippen LogP contribution in [0.25, 0.3) is 0 Å². The lowest BCUT2D eigenvalue weighted by Gasteiger charge is -2.12. The van der Waals surface area contributed by atoms with Gasteiger partial charge < -0.3 is 9.47 Å². The predicted octanol–water partition coefficient (Wildman–Crippen LogP) is 3.35. The molecule has 1 unspecified atom stereocenters. The van der Waals surface area contributed by atoms with Gasteiger partial charge >= 0.3 is 0 Å². The Morgan fingerprint density at radius 3 is 2.58 bits per heavy atom. The first-order valence-corrected chi connectivity index (χ1v) is 6.04. The van der Waals surface area contributed by atoms with Crippen molar-refractivity contribution in [3.8, 4) is 11.5 Å². The van der Waals surface area contributed by atoms with Gasteiger partial charge in [-0.25, -0.2) is 8.78 Å². The van der Waals surface area contributed by atoms with Crippen LogP contribution in [-0.2, 0) is 6.42 Å². The van der Waals surface area contributed by atoms with Crippen molar-refractivity contribution in [1.29, 1.82) is 0 Å². The standard InChI is InChI=1S/C15H12F2O2/c16-11-1-4-13(5-2-11)18-9-14-8-10-7-12(17)3-6-15(10)19-14/h1-7,14H,8-9H2. The van der Waals surface area contributed by atoms with E-state index in [2.05, 4.69) is 0 Å². The largest absolute Gasteiger partial charge is 0.490 e. The molecule has 2 nitrogen and oxygen atoms in total. The van der Waals surface area contributed by atoms with Crippen molar-refractivity contribution >= 4 is 0 Å². The fourth-order valence-corrected chi connectivity index (χ4v) is 2.10. The summed E-state index contributed by atoms with van der Waals surface area (Å²) in [5, 5.41) is 0. The monoisotopic (exact) mass is 262 g/mol. The van der Waals surface area contributed by atoms with E-state index in [1.54, 1.807) is 18.2 Å². The molecule has 1 heterocycles. The highest BCUT2D eigenvalue weighted by Gasteiger charge is 2.23. The fourth-order valence-electron chi connectivity index (χ4n) is 2.10. The zero-order chi connectivity index (χ0) is 13.2. The molecule has 0 spiro atoms. The second-order valence-corrected chi connectivity index (χ2v) is 4.46. The highest BCUT2D eigenvalue weighted by Crippen LogP contribution is 2.29. The third-order valence-electron chi connectivity index (χ3n) is 3.01. The molecule has 0 N–H and O–H groups in total. The third-order valence-corrected chi connectivity index (χ3v) is 3.01. The molecule has 1 atom stereocenters. The number of rotatable bonds is 3. The maximum absolute atomic E-state index is 13.1. The Kier molecular flexibility index (Phi) is 3.07. The van der Waals surface area contributed by atoms with Gasteiger partial charge in [0.05, 0.1) is 0 Å². The van der Waals surface area contributed by atoms with Crippen molar-refractivity contribution in [2.24, 2.45) is 0 Å². The van der Waals surface area contributed by atoms with Gasteiger partial charge in [-0.15, -0.1) is 0 Å². The van der Waals surface area contributed by atoms with E-state index in [1.807, 2.05) is 0 Å². The van der Waals surface area contributed by atoms with Crippen molar-refractivity contribution in [3.05, 3.63) is 59.7 Å². The molecule has 0 radical (unpaired) electrons. The highest BCUT2D eigenvalue weighted by atomic mass is 19.1. The van der Waals surface area contributed by atoms with Gasteiger partial charge in [-0.2, -0.15) is 0 Å². The maximum Gasteiger partial charge on any atom is 0.137 e. The molecular formula is C15H12F2O2. The molecule has 2 aromatic carbocycles. The summed E-state index contributed by atoms with van der Waals surface area (Å²) < 4.78 is 36.9. The molecule has 98 valence electrons. The van der Waals surface area contributed by atoms with E-state index in [0.717, 1.165) is 5.56 Å². The van der Waals surface area contributed by atoms with E-state index < -0.39 is 0 Å². The smallest absolute Gasteiger partial charge is 0.137 e. The summed E-state index contributed by atoms with van der Waals surface area (Å²) in [5.74, 6) is 0.732. The SMILES string of the molecule is Fc1ccc(OCC2Cc3cc(F)ccc3O2)cc1.